The summed E-state index contributed by atoms with van der Waals surface area (Å²) in [6, 6.07) is 7.10. The highest BCUT2D eigenvalue weighted by atomic mass is 35.5. The lowest BCUT2D eigenvalue weighted by Crippen LogP contribution is -2.52. The monoisotopic (exact) mass is 348 g/mol. The zero-order valence-corrected chi connectivity index (χ0v) is 14.6. The molecule has 1 fully saturated rings. The van der Waals surface area contributed by atoms with Crippen molar-refractivity contribution in [3.05, 3.63) is 41.7 Å². The Balaban J connectivity index is 1.54. The molecule has 1 aliphatic heterocycles. The number of carbonyl (C=O) groups is 1. The molecule has 0 aliphatic carbocycles. The van der Waals surface area contributed by atoms with Crippen LogP contribution in [0.3, 0.4) is 0 Å². The molecule has 1 aliphatic rings. The van der Waals surface area contributed by atoms with Gasteiger partial charge in [0.1, 0.15) is 5.75 Å². The molecule has 128 valence electrons. The maximum Gasteiger partial charge on any atom is 0.263 e. The Hall–Kier alpha value is -2.21. The number of benzene rings is 1. The molecule has 0 radical (unpaired) electrons. The largest absolute Gasteiger partial charge is 0.481 e. The number of ether oxygens (including phenoxy) is 1. The van der Waals surface area contributed by atoms with E-state index in [1.165, 1.54) is 0 Å². The van der Waals surface area contributed by atoms with Crippen LogP contribution in [0.5, 0.6) is 5.75 Å². The highest BCUT2D eigenvalue weighted by molar-refractivity contribution is 6.30. The summed E-state index contributed by atoms with van der Waals surface area (Å²) in [5, 5.41) is 4.79. The van der Waals surface area contributed by atoms with Gasteiger partial charge >= 0.3 is 0 Å². The molecule has 7 heteroatoms. The number of rotatable bonds is 4. The van der Waals surface area contributed by atoms with Crippen LogP contribution in [0, 0.1) is 0 Å². The van der Waals surface area contributed by atoms with Crippen molar-refractivity contribution >= 4 is 23.2 Å². The summed E-state index contributed by atoms with van der Waals surface area (Å²) in [6.45, 7) is 4.72. The average molecular weight is 349 g/mol. The standard InChI is InChI=1S/C17H21ClN4O2/c1-13(24-16-5-3-4-14(18)10-16)17(23)22-8-6-21(7-9-22)15-11-19-20(2)12-15/h3-5,10-13H,6-9H2,1-2H3/t13-/m1/s1. The third-order valence-electron chi connectivity index (χ3n) is 4.10. The van der Waals surface area contributed by atoms with Gasteiger partial charge in [-0.15, -0.1) is 0 Å². The first-order valence-electron chi connectivity index (χ1n) is 7.97. The van der Waals surface area contributed by atoms with Crippen molar-refractivity contribution in [3.63, 3.8) is 0 Å². The Kier molecular flexibility index (Phi) is 4.94. The maximum atomic E-state index is 12.6. The molecule has 6 nitrogen and oxygen atoms in total. The van der Waals surface area contributed by atoms with Crippen molar-refractivity contribution in [2.24, 2.45) is 7.05 Å². The fraction of sp³-hybridized carbons (Fsp3) is 0.412. The molecule has 1 atom stereocenters. The van der Waals surface area contributed by atoms with Gasteiger partial charge in [0, 0.05) is 44.4 Å². The molecule has 1 aromatic carbocycles. The van der Waals surface area contributed by atoms with Crippen LogP contribution in [-0.2, 0) is 11.8 Å². The summed E-state index contributed by atoms with van der Waals surface area (Å²) in [5.41, 5.74) is 1.09. The van der Waals surface area contributed by atoms with E-state index in [2.05, 4.69) is 10.00 Å². The number of hydrogen-bond acceptors (Lipinski definition) is 4. The van der Waals surface area contributed by atoms with Crippen molar-refractivity contribution in [2.75, 3.05) is 31.1 Å². The number of anilines is 1. The van der Waals surface area contributed by atoms with Gasteiger partial charge in [-0.2, -0.15) is 5.10 Å². The highest BCUT2D eigenvalue weighted by Gasteiger charge is 2.26. The van der Waals surface area contributed by atoms with Crippen LogP contribution in [0.15, 0.2) is 36.7 Å². The molecule has 0 N–H and O–H groups in total. The predicted octanol–water partition coefficient (Wildman–Crippen LogP) is 2.19. The molecule has 0 saturated carbocycles. The number of hydrogen-bond donors (Lipinski definition) is 0. The maximum absolute atomic E-state index is 12.6. The van der Waals surface area contributed by atoms with Crippen LogP contribution >= 0.6 is 11.6 Å². The van der Waals surface area contributed by atoms with Gasteiger partial charge in [-0.3, -0.25) is 9.48 Å². The molecule has 2 heterocycles. The quantitative estimate of drug-likeness (QED) is 0.850. The summed E-state index contributed by atoms with van der Waals surface area (Å²) >= 11 is 5.94. The topological polar surface area (TPSA) is 50.6 Å². The number of aromatic nitrogens is 2. The molecule has 2 aromatic rings. The Morgan fingerprint density at radius 3 is 2.67 bits per heavy atom. The predicted molar refractivity (Wildman–Crippen MR) is 93.5 cm³/mol. The van der Waals surface area contributed by atoms with Gasteiger partial charge in [-0.05, 0) is 25.1 Å². The van der Waals surface area contributed by atoms with Crippen LogP contribution in [0.1, 0.15) is 6.92 Å². The van der Waals surface area contributed by atoms with E-state index in [-0.39, 0.29) is 5.91 Å². The minimum absolute atomic E-state index is 0.000752. The van der Waals surface area contributed by atoms with Crippen LogP contribution in [-0.4, -0.2) is 52.9 Å². The molecular formula is C17H21ClN4O2. The molecule has 0 spiro atoms. The third-order valence-corrected chi connectivity index (χ3v) is 4.34. The van der Waals surface area contributed by atoms with E-state index in [0.717, 1.165) is 18.8 Å². The molecular weight excluding hydrogens is 328 g/mol. The second kappa shape index (κ2) is 7.13. The molecule has 0 bridgehead atoms. The van der Waals surface area contributed by atoms with Gasteiger partial charge in [0.2, 0.25) is 0 Å². The zero-order chi connectivity index (χ0) is 17.1. The number of piperazine rings is 1. The fourth-order valence-electron chi connectivity index (χ4n) is 2.81. The summed E-state index contributed by atoms with van der Waals surface area (Å²) in [5.74, 6) is 0.609. The molecule has 0 unspecified atom stereocenters. The fourth-order valence-corrected chi connectivity index (χ4v) is 2.99. The summed E-state index contributed by atoms with van der Waals surface area (Å²) in [4.78, 5) is 16.7. The number of carbonyl (C=O) groups excluding carboxylic acids is 1. The van der Waals surface area contributed by atoms with Crippen LogP contribution in [0.2, 0.25) is 5.02 Å². The smallest absolute Gasteiger partial charge is 0.263 e. The Morgan fingerprint density at radius 2 is 2.04 bits per heavy atom. The first kappa shape index (κ1) is 16.6. The number of nitrogens with zero attached hydrogens (tertiary/aromatic N) is 4. The van der Waals surface area contributed by atoms with E-state index in [0.29, 0.717) is 23.9 Å². The lowest BCUT2D eigenvalue weighted by Gasteiger charge is -2.36. The van der Waals surface area contributed by atoms with Crippen molar-refractivity contribution in [1.29, 1.82) is 0 Å². The van der Waals surface area contributed by atoms with Gasteiger partial charge in [-0.25, -0.2) is 0 Å². The summed E-state index contributed by atoms with van der Waals surface area (Å²) in [6.07, 6.45) is 3.30. The minimum atomic E-state index is -0.534. The minimum Gasteiger partial charge on any atom is -0.481 e. The number of aryl methyl sites for hydroxylation is 1. The summed E-state index contributed by atoms with van der Waals surface area (Å²) < 4.78 is 7.51. The Labute approximate surface area is 146 Å². The van der Waals surface area contributed by atoms with E-state index in [9.17, 15) is 4.79 Å². The number of halogens is 1. The highest BCUT2D eigenvalue weighted by Crippen LogP contribution is 2.20. The van der Waals surface area contributed by atoms with Crippen LogP contribution < -0.4 is 9.64 Å². The van der Waals surface area contributed by atoms with E-state index >= 15 is 0 Å². The molecule has 3 rings (SSSR count). The third kappa shape index (κ3) is 3.82. The molecule has 1 saturated heterocycles. The lowest BCUT2D eigenvalue weighted by molar-refractivity contribution is -0.138. The van der Waals surface area contributed by atoms with E-state index < -0.39 is 6.10 Å². The van der Waals surface area contributed by atoms with Crippen LogP contribution in [0.25, 0.3) is 0 Å². The SMILES string of the molecule is C[C@@H](Oc1cccc(Cl)c1)C(=O)N1CCN(c2cnn(C)c2)CC1. The second-order valence-corrected chi connectivity index (χ2v) is 6.34. The van der Waals surface area contributed by atoms with Gasteiger partial charge in [0.25, 0.3) is 5.91 Å². The van der Waals surface area contributed by atoms with E-state index in [1.54, 1.807) is 29.8 Å². The van der Waals surface area contributed by atoms with Crippen molar-refractivity contribution in [1.82, 2.24) is 14.7 Å². The van der Waals surface area contributed by atoms with Gasteiger partial charge in [0.15, 0.2) is 6.10 Å². The van der Waals surface area contributed by atoms with Crippen LogP contribution in [0.4, 0.5) is 5.69 Å². The van der Waals surface area contributed by atoms with Crippen molar-refractivity contribution in [3.8, 4) is 5.75 Å². The van der Waals surface area contributed by atoms with Crippen molar-refractivity contribution < 1.29 is 9.53 Å². The van der Waals surface area contributed by atoms with Gasteiger partial charge < -0.3 is 14.5 Å². The average Bonchev–Trinajstić information content (AvgIpc) is 3.01. The van der Waals surface area contributed by atoms with Gasteiger partial charge in [-0.1, -0.05) is 17.7 Å². The zero-order valence-electron chi connectivity index (χ0n) is 13.9. The summed E-state index contributed by atoms with van der Waals surface area (Å²) in [7, 11) is 1.90. The Bertz CT molecular complexity index is 710. The molecule has 1 amide bonds. The first-order chi connectivity index (χ1) is 11.5. The number of amides is 1. The molecule has 1 aromatic heterocycles. The van der Waals surface area contributed by atoms with E-state index in [1.807, 2.05) is 30.4 Å². The lowest BCUT2D eigenvalue weighted by atomic mass is 10.2. The first-order valence-corrected chi connectivity index (χ1v) is 8.35. The van der Waals surface area contributed by atoms with E-state index in [4.69, 9.17) is 16.3 Å². The normalized spacial score (nSPS) is 16.1. The molecule has 24 heavy (non-hydrogen) atoms. The second-order valence-electron chi connectivity index (χ2n) is 5.90. The van der Waals surface area contributed by atoms with Gasteiger partial charge in [0.05, 0.1) is 11.9 Å². The van der Waals surface area contributed by atoms with Crippen molar-refractivity contribution in [2.45, 2.75) is 13.0 Å². The Morgan fingerprint density at radius 1 is 1.29 bits per heavy atom.